The molecule has 9 heteroatoms. The molecule has 2 atom stereocenters. The maximum absolute atomic E-state index is 13.5. The zero-order valence-electron chi connectivity index (χ0n) is 24.3. The molecule has 0 aliphatic carbocycles. The third-order valence-electron chi connectivity index (χ3n) is 6.49. The van der Waals surface area contributed by atoms with Crippen LogP contribution in [0.5, 0.6) is 11.5 Å². The Morgan fingerprint density at radius 2 is 1.27 bits per heavy atom. The summed E-state index contributed by atoms with van der Waals surface area (Å²) in [7, 11) is 0. The van der Waals surface area contributed by atoms with Gasteiger partial charge in [0.15, 0.2) is 5.76 Å². The second kappa shape index (κ2) is 13.8. The average molecular weight is 565 g/mol. The number of hydrogen-bond acceptors (Lipinski definition) is 9. The maximum atomic E-state index is 13.5. The van der Waals surface area contributed by atoms with Gasteiger partial charge in [-0.3, -0.25) is 4.79 Å². The Labute approximate surface area is 240 Å². The number of benzene rings is 2. The van der Waals surface area contributed by atoms with Crippen molar-refractivity contribution in [3.63, 3.8) is 0 Å². The van der Waals surface area contributed by atoms with Crippen molar-refractivity contribution in [1.82, 2.24) is 10.6 Å². The van der Waals surface area contributed by atoms with Gasteiger partial charge in [-0.2, -0.15) is 0 Å². The largest absolute Gasteiger partial charge is 0.490 e. The van der Waals surface area contributed by atoms with Crippen molar-refractivity contribution in [1.29, 1.82) is 0 Å². The molecule has 2 heterocycles. The van der Waals surface area contributed by atoms with Gasteiger partial charge in [-0.25, -0.2) is 0 Å². The SMILES string of the molecule is C/C(=C\C(=O)c1occ2cccc(OCC(O)CNC(C)C)c12)c1occ2cccc(OCC(O)CNC(C)C)c12. The first-order valence-corrected chi connectivity index (χ1v) is 14.0. The van der Waals surface area contributed by atoms with Crippen LogP contribution in [-0.2, 0) is 0 Å². The highest BCUT2D eigenvalue weighted by Gasteiger charge is 2.21. The summed E-state index contributed by atoms with van der Waals surface area (Å²) in [5, 5.41) is 29.8. The van der Waals surface area contributed by atoms with Gasteiger partial charge in [-0.1, -0.05) is 52.0 Å². The molecule has 0 saturated heterocycles. The lowest BCUT2D eigenvalue weighted by Crippen LogP contribution is -2.35. The van der Waals surface area contributed by atoms with Crippen molar-refractivity contribution < 1.29 is 33.3 Å². The highest BCUT2D eigenvalue weighted by atomic mass is 16.5. The molecular weight excluding hydrogens is 524 g/mol. The topological polar surface area (TPSA) is 126 Å². The fourth-order valence-electron chi connectivity index (χ4n) is 4.41. The Hall–Kier alpha value is -3.63. The Morgan fingerprint density at radius 1 is 0.805 bits per heavy atom. The van der Waals surface area contributed by atoms with Crippen LogP contribution in [0.2, 0.25) is 0 Å². The minimum atomic E-state index is -0.711. The zero-order valence-corrected chi connectivity index (χ0v) is 24.3. The third kappa shape index (κ3) is 7.77. The molecule has 9 nitrogen and oxygen atoms in total. The normalized spacial score (nSPS) is 13.8. The van der Waals surface area contributed by atoms with Crippen LogP contribution >= 0.6 is 0 Å². The number of allylic oxidation sites excluding steroid dienone is 2. The van der Waals surface area contributed by atoms with Gasteiger partial charge in [-0.15, -0.1) is 0 Å². The Bertz CT molecular complexity index is 1480. The quantitative estimate of drug-likeness (QED) is 0.117. The summed E-state index contributed by atoms with van der Waals surface area (Å²) in [6, 6.07) is 11.5. The lowest BCUT2D eigenvalue weighted by Gasteiger charge is -2.15. The smallest absolute Gasteiger partial charge is 0.222 e. The molecule has 0 spiro atoms. The number of nitrogens with one attached hydrogen (secondary N) is 2. The molecule has 0 fully saturated rings. The van der Waals surface area contributed by atoms with Crippen LogP contribution in [0.25, 0.3) is 27.1 Å². The molecule has 4 N–H and O–H groups in total. The summed E-state index contributed by atoms with van der Waals surface area (Å²) >= 11 is 0. The van der Waals surface area contributed by atoms with Crippen molar-refractivity contribution in [2.75, 3.05) is 26.3 Å². The number of furan rings is 2. The second-order valence-electron chi connectivity index (χ2n) is 10.8. The second-order valence-corrected chi connectivity index (χ2v) is 10.8. The van der Waals surface area contributed by atoms with Crippen LogP contribution < -0.4 is 20.1 Å². The molecule has 220 valence electrons. The van der Waals surface area contributed by atoms with Gasteiger partial charge in [0, 0.05) is 35.9 Å². The number of ether oxygens (including phenoxy) is 2. The lowest BCUT2D eigenvalue weighted by atomic mass is 10.0. The molecule has 0 aliphatic heterocycles. The van der Waals surface area contributed by atoms with E-state index in [1.165, 1.54) is 12.3 Å². The van der Waals surface area contributed by atoms with Gasteiger partial charge in [0.25, 0.3) is 0 Å². The number of aliphatic hydroxyl groups is 2. The molecule has 0 radical (unpaired) electrons. The van der Waals surface area contributed by atoms with Gasteiger partial charge >= 0.3 is 0 Å². The number of ketones is 1. The predicted molar refractivity (Wildman–Crippen MR) is 160 cm³/mol. The number of carbonyl (C=O) groups is 1. The van der Waals surface area contributed by atoms with E-state index < -0.39 is 12.2 Å². The molecule has 2 aromatic heterocycles. The van der Waals surface area contributed by atoms with Crippen LogP contribution in [0.15, 0.2) is 63.8 Å². The van der Waals surface area contributed by atoms with E-state index in [4.69, 9.17) is 18.3 Å². The first-order chi connectivity index (χ1) is 19.6. The van der Waals surface area contributed by atoms with Crippen LogP contribution in [0.1, 0.15) is 50.9 Å². The number of aliphatic hydroxyl groups excluding tert-OH is 2. The van der Waals surface area contributed by atoms with Crippen molar-refractivity contribution >= 4 is 32.9 Å². The van der Waals surface area contributed by atoms with Gasteiger partial charge < -0.3 is 39.2 Å². The summed E-state index contributed by atoms with van der Waals surface area (Å²) in [5.74, 6) is 1.29. The zero-order chi connectivity index (χ0) is 29.5. The fraction of sp³-hybridized carbons (Fsp3) is 0.406. The predicted octanol–water partition coefficient (Wildman–Crippen LogP) is 4.94. The van der Waals surface area contributed by atoms with Crippen LogP contribution in [0.3, 0.4) is 0 Å². The van der Waals surface area contributed by atoms with Crippen LogP contribution in [0, 0.1) is 0 Å². The van der Waals surface area contributed by atoms with Gasteiger partial charge in [0.2, 0.25) is 5.78 Å². The molecule has 0 bridgehead atoms. The first-order valence-electron chi connectivity index (χ1n) is 14.0. The van der Waals surface area contributed by atoms with E-state index in [2.05, 4.69) is 10.6 Å². The molecule has 2 unspecified atom stereocenters. The lowest BCUT2D eigenvalue weighted by molar-refractivity contribution is 0.102. The van der Waals surface area contributed by atoms with E-state index in [-0.39, 0.29) is 36.8 Å². The molecular formula is C32H40N2O7. The first kappa shape index (κ1) is 30.3. The highest BCUT2D eigenvalue weighted by molar-refractivity contribution is 6.16. The molecule has 41 heavy (non-hydrogen) atoms. The number of fused-ring (bicyclic) bond motifs is 2. The summed E-state index contributed by atoms with van der Waals surface area (Å²) in [6.45, 7) is 10.8. The van der Waals surface area contributed by atoms with E-state index in [0.717, 1.165) is 16.2 Å². The summed E-state index contributed by atoms with van der Waals surface area (Å²) in [5.41, 5.74) is 0.584. The molecule has 0 saturated carbocycles. The van der Waals surface area contributed by atoms with E-state index in [0.29, 0.717) is 41.3 Å². The minimum absolute atomic E-state index is 0.0654. The van der Waals surface area contributed by atoms with E-state index >= 15 is 0 Å². The standard InChI is InChI=1S/C32H40N2O7/c1-19(2)33-13-24(35)17-38-27-10-6-8-22-15-40-31(29(22)27)21(5)12-26(37)32-30-23(16-41-32)9-7-11-28(30)39-18-25(36)14-34-20(3)4/h6-12,15-16,19-20,24-25,33-36H,13-14,17-18H2,1-5H3/b21-12+. The third-order valence-corrected chi connectivity index (χ3v) is 6.49. The van der Waals surface area contributed by atoms with E-state index in [1.807, 2.05) is 58.0 Å². The average Bonchev–Trinajstić information content (AvgIpc) is 3.58. The highest BCUT2D eigenvalue weighted by Crippen LogP contribution is 2.36. The van der Waals surface area contributed by atoms with E-state index in [1.54, 1.807) is 19.3 Å². The molecule has 0 amide bonds. The van der Waals surface area contributed by atoms with Crippen molar-refractivity contribution in [3.8, 4) is 11.5 Å². The van der Waals surface area contributed by atoms with Crippen molar-refractivity contribution in [2.24, 2.45) is 0 Å². The number of hydrogen-bond donors (Lipinski definition) is 4. The van der Waals surface area contributed by atoms with Crippen molar-refractivity contribution in [3.05, 3.63) is 66.5 Å². The van der Waals surface area contributed by atoms with Gasteiger partial charge in [-0.05, 0) is 30.7 Å². The number of carbonyl (C=O) groups excluding carboxylic acids is 1. The summed E-state index contributed by atoms with van der Waals surface area (Å²) in [4.78, 5) is 13.5. The Balaban J connectivity index is 1.55. The molecule has 4 aromatic rings. The summed E-state index contributed by atoms with van der Waals surface area (Å²) in [6.07, 6.45) is 3.20. The molecule has 0 aliphatic rings. The number of rotatable bonds is 15. The minimum Gasteiger partial charge on any atom is -0.490 e. The van der Waals surface area contributed by atoms with Crippen molar-refractivity contribution in [2.45, 2.75) is 58.9 Å². The Kier molecular flexibility index (Phi) is 10.2. The Morgan fingerprint density at radius 3 is 1.76 bits per heavy atom. The van der Waals surface area contributed by atoms with E-state index in [9.17, 15) is 15.0 Å². The van der Waals surface area contributed by atoms with Gasteiger partial charge in [0.05, 0.1) is 23.3 Å². The van der Waals surface area contributed by atoms with Gasteiger partial charge in [0.1, 0.15) is 42.7 Å². The fourth-order valence-corrected chi connectivity index (χ4v) is 4.41. The molecule has 4 rings (SSSR count). The van der Waals surface area contributed by atoms with Crippen LogP contribution in [0.4, 0.5) is 0 Å². The monoisotopic (exact) mass is 564 g/mol. The maximum Gasteiger partial charge on any atom is 0.222 e. The summed E-state index contributed by atoms with van der Waals surface area (Å²) < 4.78 is 23.4. The van der Waals surface area contributed by atoms with Crippen LogP contribution in [-0.4, -0.2) is 66.6 Å². The molecule has 2 aromatic carbocycles.